The fourth-order valence-corrected chi connectivity index (χ4v) is 0.278. The molecule has 0 saturated carbocycles. The van der Waals surface area contributed by atoms with Gasteiger partial charge >= 0.3 is 6.09 Å². The van der Waals surface area contributed by atoms with Gasteiger partial charge in [-0.25, -0.2) is 4.79 Å². The molecular formula is C5H9N2O3. The van der Waals surface area contributed by atoms with Crippen molar-refractivity contribution in [2.75, 3.05) is 14.2 Å². The van der Waals surface area contributed by atoms with E-state index in [1.54, 1.807) is 0 Å². The number of nitrogens with one attached hydrogen (secondary N) is 1. The quantitative estimate of drug-likeness (QED) is 0.324. The number of hydrogen-bond donors (Lipinski definition) is 1. The first-order chi connectivity index (χ1) is 4.70. The summed E-state index contributed by atoms with van der Waals surface area (Å²) in [5.41, 5.74) is 0. The third-order valence-corrected chi connectivity index (χ3v) is 0.608. The third-order valence-electron chi connectivity index (χ3n) is 0.608. The Bertz CT molecular complexity index is 144. The second-order valence-electron chi connectivity index (χ2n) is 1.31. The molecule has 5 nitrogen and oxygen atoms in total. The number of carbonyl (C=O) groups is 1. The van der Waals surface area contributed by atoms with Crippen molar-refractivity contribution in [3.63, 3.8) is 0 Å². The molecule has 1 amide bonds. The van der Waals surface area contributed by atoms with Gasteiger partial charge in [-0.15, -0.1) is 0 Å². The predicted octanol–water partition coefficient (Wildman–Crippen LogP) is 0.136. The van der Waals surface area contributed by atoms with Gasteiger partial charge in [-0.05, 0) is 0 Å². The Morgan fingerprint density at radius 2 is 2.30 bits per heavy atom. The van der Waals surface area contributed by atoms with E-state index < -0.39 is 6.09 Å². The number of ether oxygens (including phenoxy) is 1. The van der Waals surface area contributed by atoms with Crippen LogP contribution >= 0.6 is 0 Å². The Morgan fingerprint density at radius 3 is 2.70 bits per heavy atom. The number of rotatable bonds is 1. The largest absolute Gasteiger partial charge is 0.413 e. The van der Waals surface area contributed by atoms with Crippen molar-refractivity contribution in [3.05, 3.63) is 6.92 Å². The highest BCUT2D eigenvalue weighted by Gasteiger charge is 1.99. The van der Waals surface area contributed by atoms with Crippen LogP contribution in [0.15, 0.2) is 5.16 Å². The minimum atomic E-state index is -0.620. The maximum Gasteiger partial charge on any atom is 0.413 e. The summed E-state index contributed by atoms with van der Waals surface area (Å²) in [6.07, 6.45) is -0.620. The molecule has 0 rings (SSSR count). The van der Waals surface area contributed by atoms with E-state index in [1.165, 1.54) is 14.2 Å². The molecule has 10 heavy (non-hydrogen) atoms. The summed E-state index contributed by atoms with van der Waals surface area (Å²) >= 11 is 0. The Kier molecular flexibility index (Phi) is 4.02. The molecule has 0 heterocycles. The van der Waals surface area contributed by atoms with Crippen molar-refractivity contribution < 1.29 is 14.4 Å². The van der Waals surface area contributed by atoms with Crippen LogP contribution in [0.3, 0.4) is 0 Å². The molecule has 0 aromatic rings. The molecule has 0 fully saturated rings. The highest BCUT2D eigenvalue weighted by molar-refractivity contribution is 5.90. The third kappa shape index (κ3) is 3.71. The summed E-state index contributed by atoms with van der Waals surface area (Å²) in [4.78, 5) is 14.7. The van der Waals surface area contributed by atoms with Gasteiger partial charge in [-0.2, -0.15) is 0 Å². The number of amides is 1. The second-order valence-corrected chi connectivity index (χ2v) is 1.31. The SMILES string of the molecule is [CH2]C(=NOC)OC(=O)NC. The molecule has 0 saturated heterocycles. The Morgan fingerprint density at radius 1 is 1.70 bits per heavy atom. The van der Waals surface area contributed by atoms with Crippen molar-refractivity contribution >= 4 is 12.0 Å². The van der Waals surface area contributed by atoms with E-state index in [1.807, 2.05) is 0 Å². The summed E-state index contributed by atoms with van der Waals surface area (Å²) in [5, 5.41) is 5.45. The van der Waals surface area contributed by atoms with Gasteiger partial charge in [-0.1, -0.05) is 5.16 Å². The fraction of sp³-hybridized carbons (Fsp3) is 0.400. The van der Waals surface area contributed by atoms with Gasteiger partial charge in [0.15, 0.2) is 0 Å². The van der Waals surface area contributed by atoms with Gasteiger partial charge in [0, 0.05) is 14.0 Å². The van der Waals surface area contributed by atoms with Crippen molar-refractivity contribution in [1.82, 2.24) is 5.32 Å². The molecule has 0 aliphatic heterocycles. The molecular weight excluding hydrogens is 136 g/mol. The zero-order chi connectivity index (χ0) is 7.98. The Labute approximate surface area is 59.0 Å². The van der Waals surface area contributed by atoms with Crippen LogP contribution in [0, 0.1) is 6.92 Å². The Balaban J connectivity index is 3.67. The summed E-state index contributed by atoms with van der Waals surface area (Å²) in [6.45, 7) is 3.26. The maximum absolute atomic E-state index is 10.4. The molecule has 0 atom stereocenters. The van der Waals surface area contributed by atoms with Crippen molar-refractivity contribution in [2.45, 2.75) is 0 Å². The van der Waals surface area contributed by atoms with Crippen LogP contribution in [-0.4, -0.2) is 26.1 Å². The lowest BCUT2D eigenvalue weighted by molar-refractivity contribution is 0.182. The smallest absolute Gasteiger partial charge is 0.396 e. The lowest BCUT2D eigenvalue weighted by Crippen LogP contribution is -2.21. The molecule has 0 aliphatic rings. The van der Waals surface area contributed by atoms with Crippen LogP contribution < -0.4 is 5.32 Å². The molecule has 1 radical (unpaired) electrons. The topological polar surface area (TPSA) is 59.9 Å². The molecule has 57 valence electrons. The molecule has 5 heteroatoms. The van der Waals surface area contributed by atoms with Gasteiger partial charge in [0.25, 0.3) is 0 Å². The van der Waals surface area contributed by atoms with E-state index in [4.69, 9.17) is 0 Å². The number of oxime groups is 1. The number of nitrogens with zero attached hydrogens (tertiary/aromatic N) is 1. The lowest BCUT2D eigenvalue weighted by atomic mass is 10.8. The maximum atomic E-state index is 10.4. The average molecular weight is 145 g/mol. The van der Waals surface area contributed by atoms with Crippen LogP contribution in [0.4, 0.5) is 4.79 Å². The average Bonchev–Trinajstić information content (AvgIpc) is 1.88. The fourth-order valence-electron chi connectivity index (χ4n) is 0.278. The summed E-state index contributed by atoms with van der Waals surface area (Å²) < 4.78 is 4.40. The molecule has 0 spiro atoms. The van der Waals surface area contributed by atoms with E-state index in [-0.39, 0.29) is 5.90 Å². The molecule has 1 N–H and O–H groups in total. The summed E-state index contributed by atoms with van der Waals surface area (Å²) in [5.74, 6) is -0.0816. The highest BCUT2D eigenvalue weighted by Crippen LogP contribution is 1.81. The minimum Gasteiger partial charge on any atom is -0.396 e. The lowest BCUT2D eigenvalue weighted by Gasteiger charge is -1.99. The minimum absolute atomic E-state index is 0.0816. The van der Waals surface area contributed by atoms with E-state index >= 15 is 0 Å². The van der Waals surface area contributed by atoms with Crippen LogP contribution in [0.1, 0.15) is 0 Å². The van der Waals surface area contributed by atoms with Gasteiger partial charge < -0.3 is 14.9 Å². The molecule has 0 aromatic heterocycles. The second kappa shape index (κ2) is 4.60. The van der Waals surface area contributed by atoms with E-state index in [0.717, 1.165) is 0 Å². The van der Waals surface area contributed by atoms with Crippen LogP contribution in [0.25, 0.3) is 0 Å². The number of alkyl carbamates (subject to hydrolysis) is 1. The predicted molar refractivity (Wildman–Crippen MR) is 35.3 cm³/mol. The van der Waals surface area contributed by atoms with Crippen LogP contribution in [-0.2, 0) is 9.57 Å². The monoisotopic (exact) mass is 145 g/mol. The first-order valence-electron chi connectivity index (χ1n) is 2.53. The highest BCUT2D eigenvalue weighted by atomic mass is 16.6. The number of hydrogen-bond acceptors (Lipinski definition) is 4. The van der Waals surface area contributed by atoms with E-state index in [9.17, 15) is 4.79 Å². The van der Waals surface area contributed by atoms with Crippen LogP contribution in [0.5, 0.6) is 0 Å². The first kappa shape index (κ1) is 8.74. The van der Waals surface area contributed by atoms with E-state index in [0.29, 0.717) is 0 Å². The zero-order valence-electron chi connectivity index (χ0n) is 5.88. The Hall–Kier alpha value is -1.26. The van der Waals surface area contributed by atoms with Crippen LogP contribution in [0.2, 0.25) is 0 Å². The summed E-state index contributed by atoms with van der Waals surface area (Å²) in [6, 6.07) is 0. The van der Waals surface area contributed by atoms with Crippen molar-refractivity contribution in [3.8, 4) is 0 Å². The van der Waals surface area contributed by atoms with Gasteiger partial charge in [-0.3, -0.25) is 0 Å². The molecule has 0 unspecified atom stereocenters. The summed E-state index contributed by atoms with van der Waals surface area (Å²) in [7, 11) is 2.76. The zero-order valence-corrected chi connectivity index (χ0v) is 5.88. The van der Waals surface area contributed by atoms with E-state index in [2.05, 4.69) is 27.0 Å². The first-order valence-corrected chi connectivity index (χ1v) is 2.53. The van der Waals surface area contributed by atoms with Gasteiger partial charge in [0.1, 0.15) is 7.11 Å². The standard InChI is InChI=1S/C5H9N2O3/c1-4(7-9-3)10-5(8)6-2/h1H2,2-3H3,(H,6,8). The molecule has 0 aromatic carbocycles. The van der Waals surface area contributed by atoms with Gasteiger partial charge in [0.2, 0.25) is 5.90 Å². The number of carbonyl (C=O) groups excluding carboxylic acids is 1. The van der Waals surface area contributed by atoms with Crippen molar-refractivity contribution in [1.29, 1.82) is 0 Å². The normalized spacial score (nSPS) is 10.5. The van der Waals surface area contributed by atoms with Gasteiger partial charge in [0.05, 0.1) is 0 Å². The molecule has 0 bridgehead atoms. The molecule has 0 aliphatic carbocycles. The van der Waals surface area contributed by atoms with Crippen molar-refractivity contribution in [2.24, 2.45) is 5.16 Å².